The van der Waals surface area contributed by atoms with Crippen LogP contribution < -0.4 is 0 Å². The molecule has 0 unspecified atom stereocenters. The van der Waals surface area contributed by atoms with E-state index >= 15 is 0 Å². The van der Waals surface area contributed by atoms with Gasteiger partial charge in [-0.05, 0) is 0 Å². The van der Waals surface area contributed by atoms with Crippen molar-refractivity contribution in [3.8, 4) is 0 Å². The van der Waals surface area contributed by atoms with Crippen LogP contribution in [0.5, 0.6) is 0 Å². The Morgan fingerprint density at radius 3 is 1.47 bits per heavy atom. The molecule has 0 nitrogen and oxygen atoms in total. The highest BCUT2D eigenvalue weighted by atomic mass is 28.3. The van der Waals surface area contributed by atoms with Crippen LogP contribution in [-0.4, -0.2) is 8.80 Å². The van der Waals surface area contributed by atoms with Crippen molar-refractivity contribution in [3.63, 3.8) is 0 Å². The molecule has 0 heterocycles. The molecule has 0 spiro atoms. The predicted molar refractivity (Wildman–Crippen MR) is 83.4 cm³/mol. The van der Waals surface area contributed by atoms with E-state index in [9.17, 15) is 0 Å². The molecule has 0 N–H and O–H groups in total. The van der Waals surface area contributed by atoms with Crippen molar-refractivity contribution in [2.24, 2.45) is 0 Å². The third-order valence-electron chi connectivity index (χ3n) is 3.80. The van der Waals surface area contributed by atoms with Gasteiger partial charge in [-0.2, -0.15) is 0 Å². The van der Waals surface area contributed by atoms with Gasteiger partial charge in [0.15, 0.2) is 0 Å². The van der Waals surface area contributed by atoms with E-state index in [0.717, 1.165) is 11.1 Å². The van der Waals surface area contributed by atoms with Gasteiger partial charge in [-0.3, -0.25) is 0 Å². The first-order valence-corrected chi connectivity index (χ1v) is 9.81. The first-order valence-electron chi connectivity index (χ1n) is 7.95. The molecule has 0 atom stereocenters. The van der Waals surface area contributed by atoms with E-state index in [1.54, 1.807) is 6.04 Å². The van der Waals surface area contributed by atoms with Gasteiger partial charge in [0, 0.05) is 0 Å². The smallest absolute Gasteiger partial charge is 0.0534 e. The Labute approximate surface area is 112 Å². The second kappa shape index (κ2) is 11.3. The fourth-order valence-corrected chi connectivity index (χ4v) is 5.85. The van der Waals surface area contributed by atoms with Gasteiger partial charge in [0.2, 0.25) is 0 Å². The molecule has 0 amide bonds. The van der Waals surface area contributed by atoms with E-state index in [0.29, 0.717) is 0 Å². The van der Waals surface area contributed by atoms with Crippen molar-refractivity contribution < 1.29 is 0 Å². The number of hydrogen-bond acceptors (Lipinski definition) is 0. The summed E-state index contributed by atoms with van der Waals surface area (Å²) >= 11 is 0. The molecule has 0 bridgehead atoms. The zero-order chi connectivity index (χ0) is 13.1. The second-order valence-corrected chi connectivity index (χ2v) is 10.1. The average Bonchev–Trinajstić information content (AvgIpc) is 2.26. The minimum Gasteiger partial charge on any atom is -0.0654 e. The quantitative estimate of drug-likeness (QED) is 0.294. The highest BCUT2D eigenvalue weighted by Crippen LogP contribution is 2.25. The lowest BCUT2D eigenvalue weighted by atomic mass is 10.1. The zero-order valence-electron chi connectivity index (χ0n) is 13.0. The average molecular weight is 256 g/mol. The fourth-order valence-electron chi connectivity index (χ4n) is 2.71. The topological polar surface area (TPSA) is 0 Å². The molecule has 1 radical (unpaired) electrons. The number of rotatable bonds is 11. The van der Waals surface area contributed by atoms with Gasteiger partial charge < -0.3 is 0 Å². The first kappa shape index (κ1) is 17.2. The molecule has 0 aromatic carbocycles. The summed E-state index contributed by atoms with van der Waals surface area (Å²) < 4.78 is 0. The molecular formula is C16H35Si. The molecular weight excluding hydrogens is 220 g/mol. The van der Waals surface area contributed by atoms with Gasteiger partial charge in [-0.25, -0.2) is 0 Å². The predicted octanol–water partition coefficient (Wildman–Crippen LogP) is 6.44. The minimum atomic E-state index is -0.0796. The van der Waals surface area contributed by atoms with Crippen LogP contribution in [0.3, 0.4) is 0 Å². The number of hydrogen-bond donors (Lipinski definition) is 0. The normalized spacial score (nSPS) is 12.0. The summed E-state index contributed by atoms with van der Waals surface area (Å²) in [7, 11) is -0.0796. The molecule has 0 saturated heterocycles. The Kier molecular flexibility index (Phi) is 11.5. The molecule has 0 saturated carbocycles. The molecule has 0 fully saturated rings. The third kappa shape index (κ3) is 9.88. The maximum Gasteiger partial charge on any atom is 0.0534 e. The standard InChI is InChI=1S/C16H35Si/c1-6-7-8-9-10-11-12-13-14-17(15(2)3)16(4)5/h15-16H,6-14H2,1-5H3. The van der Waals surface area contributed by atoms with Crippen LogP contribution in [0.1, 0.15) is 86.0 Å². The van der Waals surface area contributed by atoms with Crippen molar-refractivity contribution >= 4 is 8.80 Å². The van der Waals surface area contributed by atoms with Crippen molar-refractivity contribution in [1.29, 1.82) is 0 Å². The van der Waals surface area contributed by atoms with Gasteiger partial charge >= 0.3 is 0 Å². The Bertz CT molecular complexity index is 144. The van der Waals surface area contributed by atoms with Crippen LogP contribution in [-0.2, 0) is 0 Å². The fraction of sp³-hybridized carbons (Fsp3) is 1.00. The maximum absolute atomic E-state index is 2.43. The van der Waals surface area contributed by atoms with Crippen LogP contribution >= 0.6 is 0 Å². The number of unbranched alkanes of at least 4 members (excludes halogenated alkanes) is 7. The summed E-state index contributed by atoms with van der Waals surface area (Å²) in [6, 6.07) is 1.55. The maximum atomic E-state index is 2.43. The van der Waals surface area contributed by atoms with Crippen LogP contribution in [0.25, 0.3) is 0 Å². The van der Waals surface area contributed by atoms with Gasteiger partial charge in [-0.15, -0.1) is 0 Å². The molecule has 0 aromatic heterocycles. The summed E-state index contributed by atoms with van der Waals surface area (Å²) in [6.45, 7) is 12.0. The SMILES string of the molecule is CCCCCCCCCC[Si](C(C)C)C(C)C. The lowest BCUT2D eigenvalue weighted by Gasteiger charge is -2.22. The highest BCUT2D eigenvalue weighted by molar-refractivity contribution is 6.61. The summed E-state index contributed by atoms with van der Waals surface area (Å²) in [4.78, 5) is 0. The summed E-state index contributed by atoms with van der Waals surface area (Å²) in [5.41, 5.74) is 1.93. The van der Waals surface area contributed by atoms with Gasteiger partial charge in [0.05, 0.1) is 8.80 Å². The molecule has 17 heavy (non-hydrogen) atoms. The molecule has 0 aliphatic carbocycles. The Balaban J connectivity index is 3.37. The van der Waals surface area contributed by atoms with E-state index in [1.165, 1.54) is 51.4 Å². The molecule has 1 heteroatoms. The minimum absolute atomic E-state index is 0.0796. The van der Waals surface area contributed by atoms with Crippen molar-refractivity contribution in [1.82, 2.24) is 0 Å². The summed E-state index contributed by atoms with van der Waals surface area (Å²) in [5, 5.41) is 0. The lowest BCUT2D eigenvalue weighted by molar-refractivity contribution is 0.583. The largest absolute Gasteiger partial charge is 0.0654 e. The van der Waals surface area contributed by atoms with Crippen molar-refractivity contribution in [2.75, 3.05) is 0 Å². The molecule has 0 aromatic rings. The zero-order valence-corrected chi connectivity index (χ0v) is 14.0. The van der Waals surface area contributed by atoms with Crippen molar-refractivity contribution in [3.05, 3.63) is 0 Å². The monoisotopic (exact) mass is 255 g/mol. The van der Waals surface area contributed by atoms with Crippen molar-refractivity contribution in [2.45, 2.75) is 103 Å². The van der Waals surface area contributed by atoms with Crippen LogP contribution in [0, 0.1) is 0 Å². The van der Waals surface area contributed by atoms with E-state index in [1.807, 2.05) is 0 Å². The van der Waals surface area contributed by atoms with Crippen LogP contribution in [0.15, 0.2) is 0 Å². The van der Waals surface area contributed by atoms with Gasteiger partial charge in [-0.1, -0.05) is 103 Å². The van der Waals surface area contributed by atoms with Gasteiger partial charge in [0.1, 0.15) is 0 Å². The van der Waals surface area contributed by atoms with E-state index in [2.05, 4.69) is 34.6 Å². The van der Waals surface area contributed by atoms with E-state index < -0.39 is 0 Å². The van der Waals surface area contributed by atoms with Crippen LogP contribution in [0.4, 0.5) is 0 Å². The highest BCUT2D eigenvalue weighted by Gasteiger charge is 2.18. The second-order valence-electron chi connectivity index (χ2n) is 6.11. The van der Waals surface area contributed by atoms with Gasteiger partial charge in [0.25, 0.3) is 0 Å². The Morgan fingerprint density at radius 2 is 1.06 bits per heavy atom. The molecule has 103 valence electrons. The third-order valence-corrected chi connectivity index (χ3v) is 7.70. The lowest BCUT2D eigenvalue weighted by Crippen LogP contribution is -2.20. The summed E-state index contributed by atoms with van der Waals surface area (Å²) in [6.07, 6.45) is 11.7. The summed E-state index contributed by atoms with van der Waals surface area (Å²) in [5.74, 6) is 0. The molecule has 0 aliphatic rings. The van der Waals surface area contributed by atoms with E-state index in [-0.39, 0.29) is 8.80 Å². The Morgan fingerprint density at radius 1 is 0.647 bits per heavy atom. The molecule has 0 rings (SSSR count). The Hall–Kier alpha value is 0.217. The van der Waals surface area contributed by atoms with E-state index in [4.69, 9.17) is 0 Å². The van der Waals surface area contributed by atoms with Crippen LogP contribution in [0.2, 0.25) is 17.1 Å². The first-order chi connectivity index (χ1) is 8.09. The molecule has 0 aliphatic heterocycles.